The van der Waals surface area contributed by atoms with Crippen molar-refractivity contribution in [2.75, 3.05) is 13.1 Å². The summed E-state index contributed by atoms with van der Waals surface area (Å²) in [5.74, 6) is -1.10. The largest absolute Gasteiger partial charge is 0.480 e. The number of carbonyl (C=O) groups is 2. The normalized spacial score (nSPS) is 10.8. The molecule has 0 saturated carbocycles. The predicted octanol–water partition coefficient (Wildman–Crippen LogP) is 2.34. The van der Waals surface area contributed by atoms with E-state index in [1.54, 1.807) is 6.92 Å². The Labute approximate surface area is 123 Å². The minimum absolute atomic E-state index is 0.123. The number of aliphatic carboxylic acids is 1. The molecule has 0 fully saturated rings. The van der Waals surface area contributed by atoms with Crippen LogP contribution >= 0.6 is 0 Å². The summed E-state index contributed by atoms with van der Waals surface area (Å²) in [6.45, 7) is 4.00. The van der Waals surface area contributed by atoms with Gasteiger partial charge in [-0.25, -0.2) is 0 Å². The Hall–Kier alpha value is -2.30. The van der Waals surface area contributed by atoms with Gasteiger partial charge in [0.1, 0.15) is 6.54 Å². The van der Waals surface area contributed by atoms with Crippen molar-refractivity contribution in [3.8, 4) is 0 Å². The molecule has 112 valence electrons. The van der Waals surface area contributed by atoms with Crippen molar-refractivity contribution in [2.45, 2.75) is 26.7 Å². The first-order chi connectivity index (χ1) is 10.0. The molecule has 0 spiro atoms. The number of fused-ring (bicyclic) bond motifs is 1. The van der Waals surface area contributed by atoms with Crippen LogP contribution in [0.4, 0.5) is 0 Å². The summed E-state index contributed by atoms with van der Waals surface area (Å²) in [4.78, 5) is 27.3. The number of rotatable bonds is 6. The Morgan fingerprint density at radius 1 is 1.33 bits per heavy atom. The summed E-state index contributed by atoms with van der Waals surface area (Å²) in [7, 11) is 0. The number of benzene rings is 1. The zero-order valence-electron chi connectivity index (χ0n) is 12.3. The lowest BCUT2D eigenvalue weighted by Crippen LogP contribution is -2.35. The molecule has 1 aromatic carbocycles. The molecule has 0 aliphatic rings. The molecule has 0 aliphatic heterocycles. The van der Waals surface area contributed by atoms with Gasteiger partial charge in [-0.15, -0.1) is 0 Å². The summed E-state index contributed by atoms with van der Waals surface area (Å²) >= 11 is 0. The van der Waals surface area contributed by atoms with E-state index in [0.29, 0.717) is 19.4 Å². The highest BCUT2D eigenvalue weighted by Gasteiger charge is 2.15. The number of aromatic nitrogens is 1. The Morgan fingerprint density at radius 2 is 2.10 bits per heavy atom. The van der Waals surface area contributed by atoms with E-state index in [2.05, 4.69) is 11.1 Å². The molecule has 0 saturated heterocycles. The van der Waals surface area contributed by atoms with Gasteiger partial charge in [0.05, 0.1) is 0 Å². The third-order valence-corrected chi connectivity index (χ3v) is 3.59. The lowest BCUT2D eigenvalue weighted by atomic mass is 10.1. The molecule has 21 heavy (non-hydrogen) atoms. The molecule has 2 N–H and O–H groups in total. The standard InChI is InChI=1S/C16H20N2O3/c1-3-18(10-16(20)21)15(19)7-5-12-9-17-14-6-4-11(2)8-13(12)14/h4,6,8-9,17H,3,5,7,10H2,1-2H3,(H,20,21). The number of nitrogens with zero attached hydrogens (tertiary/aromatic N) is 1. The van der Waals surface area contributed by atoms with Crippen molar-refractivity contribution in [3.63, 3.8) is 0 Å². The molecular weight excluding hydrogens is 268 g/mol. The fourth-order valence-corrected chi connectivity index (χ4v) is 2.44. The number of carbonyl (C=O) groups excluding carboxylic acids is 1. The van der Waals surface area contributed by atoms with Crippen LogP contribution < -0.4 is 0 Å². The van der Waals surface area contributed by atoms with Gasteiger partial charge in [-0.2, -0.15) is 0 Å². The number of H-pyrrole nitrogens is 1. The molecule has 0 aliphatic carbocycles. The Kier molecular flexibility index (Phi) is 4.62. The van der Waals surface area contributed by atoms with Crippen molar-refractivity contribution in [1.82, 2.24) is 9.88 Å². The van der Waals surface area contributed by atoms with Crippen LogP contribution in [-0.2, 0) is 16.0 Å². The highest BCUT2D eigenvalue weighted by Crippen LogP contribution is 2.21. The predicted molar refractivity (Wildman–Crippen MR) is 81.2 cm³/mol. The van der Waals surface area contributed by atoms with Gasteiger partial charge < -0.3 is 15.0 Å². The first-order valence-corrected chi connectivity index (χ1v) is 7.07. The third kappa shape index (κ3) is 3.62. The Balaban J connectivity index is 2.05. The molecule has 0 unspecified atom stereocenters. The van der Waals surface area contributed by atoms with E-state index in [1.807, 2.05) is 25.3 Å². The van der Waals surface area contributed by atoms with Gasteiger partial charge in [-0.3, -0.25) is 9.59 Å². The number of amides is 1. The maximum absolute atomic E-state index is 12.1. The minimum atomic E-state index is -0.979. The molecule has 0 bridgehead atoms. The quantitative estimate of drug-likeness (QED) is 0.857. The van der Waals surface area contributed by atoms with E-state index in [9.17, 15) is 9.59 Å². The molecule has 0 radical (unpaired) electrons. The van der Waals surface area contributed by atoms with Crippen LogP contribution in [0.1, 0.15) is 24.5 Å². The zero-order valence-corrected chi connectivity index (χ0v) is 12.3. The maximum Gasteiger partial charge on any atom is 0.323 e. The van der Waals surface area contributed by atoms with E-state index in [-0.39, 0.29) is 12.5 Å². The van der Waals surface area contributed by atoms with E-state index in [0.717, 1.165) is 16.5 Å². The maximum atomic E-state index is 12.1. The highest BCUT2D eigenvalue weighted by atomic mass is 16.4. The summed E-state index contributed by atoms with van der Waals surface area (Å²) in [6.07, 6.45) is 2.85. The highest BCUT2D eigenvalue weighted by molar-refractivity contribution is 5.85. The van der Waals surface area contributed by atoms with Crippen molar-refractivity contribution in [1.29, 1.82) is 0 Å². The average molecular weight is 288 g/mol. The summed E-state index contributed by atoms with van der Waals surface area (Å²) < 4.78 is 0. The lowest BCUT2D eigenvalue weighted by molar-refractivity contribution is -0.144. The second-order valence-electron chi connectivity index (χ2n) is 5.16. The molecule has 0 atom stereocenters. The molecule has 2 rings (SSSR count). The van der Waals surface area contributed by atoms with Gasteiger partial charge >= 0.3 is 5.97 Å². The van der Waals surface area contributed by atoms with E-state index < -0.39 is 5.97 Å². The summed E-state index contributed by atoms with van der Waals surface area (Å²) in [5.41, 5.74) is 3.32. The molecule has 1 aromatic heterocycles. The molecule has 1 heterocycles. The molecule has 5 nitrogen and oxygen atoms in total. The van der Waals surface area contributed by atoms with Crippen LogP contribution in [0, 0.1) is 6.92 Å². The first kappa shape index (κ1) is 15.1. The second kappa shape index (κ2) is 6.43. The van der Waals surface area contributed by atoms with Crippen molar-refractivity contribution >= 4 is 22.8 Å². The number of hydrogen-bond donors (Lipinski definition) is 2. The zero-order chi connectivity index (χ0) is 15.4. The number of aromatic amines is 1. The fraction of sp³-hybridized carbons (Fsp3) is 0.375. The van der Waals surface area contributed by atoms with Crippen molar-refractivity contribution < 1.29 is 14.7 Å². The molecule has 2 aromatic rings. The molecule has 5 heteroatoms. The fourth-order valence-electron chi connectivity index (χ4n) is 2.44. The van der Waals surface area contributed by atoms with Crippen LogP contribution in [0.15, 0.2) is 24.4 Å². The monoisotopic (exact) mass is 288 g/mol. The number of likely N-dealkylation sites (N-methyl/N-ethyl adjacent to an activating group) is 1. The number of aryl methyl sites for hydroxylation is 2. The average Bonchev–Trinajstić information content (AvgIpc) is 2.84. The van der Waals surface area contributed by atoms with Crippen molar-refractivity contribution in [2.24, 2.45) is 0 Å². The van der Waals surface area contributed by atoms with Crippen LogP contribution in [0.5, 0.6) is 0 Å². The van der Waals surface area contributed by atoms with Crippen LogP contribution in [-0.4, -0.2) is 40.0 Å². The lowest BCUT2D eigenvalue weighted by Gasteiger charge is -2.18. The summed E-state index contributed by atoms with van der Waals surface area (Å²) in [5, 5.41) is 9.92. The topological polar surface area (TPSA) is 73.4 Å². The van der Waals surface area contributed by atoms with Crippen LogP contribution in [0.25, 0.3) is 10.9 Å². The number of nitrogens with one attached hydrogen (secondary N) is 1. The van der Waals surface area contributed by atoms with E-state index >= 15 is 0 Å². The van der Waals surface area contributed by atoms with Crippen LogP contribution in [0.3, 0.4) is 0 Å². The van der Waals surface area contributed by atoms with Gasteiger partial charge in [-0.05, 0) is 38.0 Å². The number of carboxylic acid groups (broad SMARTS) is 1. The minimum Gasteiger partial charge on any atom is -0.480 e. The number of hydrogen-bond acceptors (Lipinski definition) is 2. The van der Waals surface area contributed by atoms with Gasteiger partial charge in [-0.1, -0.05) is 11.6 Å². The second-order valence-corrected chi connectivity index (χ2v) is 5.16. The van der Waals surface area contributed by atoms with Crippen LogP contribution in [0.2, 0.25) is 0 Å². The Bertz CT molecular complexity index is 661. The van der Waals surface area contributed by atoms with Gasteiger partial charge in [0.15, 0.2) is 0 Å². The SMILES string of the molecule is CCN(CC(=O)O)C(=O)CCc1c[nH]c2ccc(C)cc12. The van der Waals surface area contributed by atoms with E-state index in [4.69, 9.17) is 5.11 Å². The van der Waals surface area contributed by atoms with Gasteiger partial charge in [0.2, 0.25) is 5.91 Å². The Morgan fingerprint density at radius 3 is 2.76 bits per heavy atom. The van der Waals surface area contributed by atoms with E-state index in [1.165, 1.54) is 10.5 Å². The van der Waals surface area contributed by atoms with Crippen molar-refractivity contribution in [3.05, 3.63) is 35.5 Å². The smallest absolute Gasteiger partial charge is 0.323 e. The molecule has 1 amide bonds. The summed E-state index contributed by atoms with van der Waals surface area (Å²) in [6, 6.07) is 6.17. The van der Waals surface area contributed by atoms with Gasteiger partial charge in [0, 0.05) is 30.1 Å². The van der Waals surface area contributed by atoms with Gasteiger partial charge in [0.25, 0.3) is 0 Å². The number of carboxylic acids is 1. The third-order valence-electron chi connectivity index (χ3n) is 3.59. The first-order valence-electron chi connectivity index (χ1n) is 7.07. The molecular formula is C16H20N2O3.